The van der Waals surface area contributed by atoms with E-state index in [0.29, 0.717) is 16.6 Å². The lowest BCUT2D eigenvalue weighted by Gasteiger charge is -2.12. The highest BCUT2D eigenvalue weighted by molar-refractivity contribution is 8.18. The minimum absolute atomic E-state index is 0.00277. The summed E-state index contributed by atoms with van der Waals surface area (Å²) >= 11 is 0.884. The molecule has 1 aliphatic heterocycles. The minimum Gasteiger partial charge on any atom is -0.489 e. The molecular formula is C22H23N5O3S. The van der Waals surface area contributed by atoms with Gasteiger partial charge in [-0.3, -0.25) is 19.9 Å². The van der Waals surface area contributed by atoms with Gasteiger partial charge in [0.25, 0.3) is 11.1 Å². The maximum Gasteiger partial charge on any atom is 0.290 e. The molecule has 2 amide bonds. The quantitative estimate of drug-likeness (QED) is 0.485. The zero-order chi connectivity index (χ0) is 22.1. The molecule has 31 heavy (non-hydrogen) atoms. The third-order valence-electron chi connectivity index (χ3n) is 4.37. The summed E-state index contributed by atoms with van der Waals surface area (Å²) in [5, 5.41) is 5.16. The number of imide groups is 1. The first kappa shape index (κ1) is 20.9. The normalized spacial score (nSPS) is 15.4. The molecule has 8 nitrogen and oxygen atoms in total. The summed E-state index contributed by atoms with van der Waals surface area (Å²) in [5.74, 6) is 1.01. The predicted octanol–water partition coefficient (Wildman–Crippen LogP) is 4.56. The monoisotopic (exact) mass is 437 g/mol. The zero-order valence-corrected chi connectivity index (χ0v) is 18.5. The van der Waals surface area contributed by atoms with Crippen LogP contribution in [0.4, 0.5) is 10.7 Å². The molecule has 0 bridgehead atoms. The van der Waals surface area contributed by atoms with E-state index in [-0.39, 0.29) is 23.3 Å². The molecule has 1 fully saturated rings. The van der Waals surface area contributed by atoms with Crippen LogP contribution in [0.25, 0.3) is 28.4 Å². The Morgan fingerprint density at radius 1 is 1.16 bits per heavy atom. The fourth-order valence-corrected chi connectivity index (χ4v) is 3.83. The molecule has 1 aromatic carbocycles. The Morgan fingerprint density at radius 2 is 1.97 bits per heavy atom. The van der Waals surface area contributed by atoms with E-state index in [9.17, 15) is 9.59 Å². The summed E-state index contributed by atoms with van der Waals surface area (Å²) in [6.45, 7) is 8.05. The van der Waals surface area contributed by atoms with Gasteiger partial charge in [0.1, 0.15) is 11.3 Å². The van der Waals surface area contributed by atoms with E-state index in [1.807, 2.05) is 38.1 Å². The summed E-state index contributed by atoms with van der Waals surface area (Å²) in [4.78, 5) is 35.9. The van der Waals surface area contributed by atoms with Crippen molar-refractivity contribution < 1.29 is 14.3 Å². The van der Waals surface area contributed by atoms with Gasteiger partial charge in [-0.05, 0) is 69.3 Å². The smallest absolute Gasteiger partial charge is 0.290 e. The number of benzene rings is 1. The van der Waals surface area contributed by atoms with Crippen LogP contribution in [0.3, 0.4) is 0 Å². The van der Waals surface area contributed by atoms with Gasteiger partial charge in [-0.25, -0.2) is 4.98 Å². The molecule has 160 valence electrons. The number of H-pyrrole nitrogens is 1. The van der Waals surface area contributed by atoms with Crippen LogP contribution in [0.2, 0.25) is 0 Å². The fourth-order valence-electron chi connectivity index (χ4n) is 3.15. The van der Waals surface area contributed by atoms with Crippen LogP contribution >= 0.6 is 11.8 Å². The highest BCUT2D eigenvalue weighted by Crippen LogP contribution is 2.33. The van der Waals surface area contributed by atoms with Crippen LogP contribution in [-0.2, 0) is 4.79 Å². The molecule has 0 radical (unpaired) electrons. The molecule has 2 aromatic heterocycles. The van der Waals surface area contributed by atoms with Gasteiger partial charge in [0.15, 0.2) is 0 Å². The number of nitrogens with one attached hydrogen (secondary N) is 3. The van der Waals surface area contributed by atoms with E-state index in [4.69, 9.17) is 4.74 Å². The van der Waals surface area contributed by atoms with Crippen molar-refractivity contribution >= 4 is 46.0 Å². The van der Waals surface area contributed by atoms with Crippen molar-refractivity contribution in [1.82, 2.24) is 20.3 Å². The Kier molecular flexibility index (Phi) is 5.69. The van der Waals surface area contributed by atoms with Crippen LogP contribution in [0.5, 0.6) is 5.75 Å². The van der Waals surface area contributed by atoms with Crippen LogP contribution in [-0.4, -0.2) is 38.2 Å². The number of nitrogens with zero attached hydrogens (tertiary/aromatic N) is 2. The maximum atomic E-state index is 11.7. The molecule has 9 heteroatoms. The minimum atomic E-state index is -0.385. The molecule has 1 saturated heterocycles. The van der Waals surface area contributed by atoms with Crippen molar-refractivity contribution in [1.29, 1.82) is 0 Å². The molecule has 4 rings (SSSR count). The number of anilines is 1. The second-order valence-electron chi connectivity index (χ2n) is 7.75. The lowest BCUT2D eigenvalue weighted by atomic mass is 10.1. The number of carbonyl (C=O) groups excluding carboxylic acids is 2. The molecule has 0 atom stereocenters. The number of aromatic nitrogens is 3. The van der Waals surface area contributed by atoms with E-state index in [0.717, 1.165) is 39.6 Å². The highest BCUT2D eigenvalue weighted by atomic mass is 32.2. The van der Waals surface area contributed by atoms with Gasteiger partial charge in [0, 0.05) is 17.8 Å². The van der Waals surface area contributed by atoms with Crippen LogP contribution < -0.4 is 15.4 Å². The largest absolute Gasteiger partial charge is 0.489 e. The Balaban J connectivity index is 1.69. The number of ether oxygens (including phenoxy) is 1. The number of pyridine rings is 1. The second-order valence-corrected chi connectivity index (χ2v) is 8.76. The van der Waals surface area contributed by atoms with E-state index < -0.39 is 0 Å². The van der Waals surface area contributed by atoms with Crippen LogP contribution in [0, 0.1) is 0 Å². The molecule has 0 saturated carbocycles. The van der Waals surface area contributed by atoms with Gasteiger partial charge in [-0.1, -0.05) is 6.07 Å². The lowest BCUT2D eigenvalue weighted by Crippen LogP contribution is -2.17. The molecule has 3 N–H and O–H groups in total. The number of aromatic amines is 1. The van der Waals surface area contributed by atoms with Gasteiger partial charge in [-0.2, -0.15) is 0 Å². The first-order chi connectivity index (χ1) is 14.8. The first-order valence-corrected chi connectivity index (χ1v) is 10.8. The van der Waals surface area contributed by atoms with E-state index >= 15 is 0 Å². The van der Waals surface area contributed by atoms with Crippen molar-refractivity contribution in [3.63, 3.8) is 0 Å². The van der Waals surface area contributed by atoms with Gasteiger partial charge < -0.3 is 15.0 Å². The number of rotatable bonds is 6. The lowest BCUT2D eigenvalue weighted by molar-refractivity contribution is -0.115. The number of amides is 2. The third kappa shape index (κ3) is 4.72. The SMILES string of the molecule is CC(C)Nc1nc2cc(-c3ccc(/C=C4\SC(=O)NC4=O)cn3)cc(OC(C)C)c2[nH]1. The molecule has 0 spiro atoms. The Bertz CT molecular complexity index is 1180. The standard InChI is InChI=1S/C22H23N5O3S/c1-11(2)24-21-25-16-8-14(9-17(19(16)26-21)30-12(3)4)15-6-5-13(10-23-15)7-18-20(28)27-22(29)31-18/h5-12H,1-4H3,(H2,24,25,26)(H,27,28,29)/b18-7-. The average Bonchev–Trinajstić information content (AvgIpc) is 3.23. The Hall–Kier alpha value is -3.33. The fraction of sp³-hybridized carbons (Fsp3) is 0.273. The molecule has 3 aromatic rings. The van der Waals surface area contributed by atoms with Crippen molar-refractivity contribution in [2.24, 2.45) is 0 Å². The predicted molar refractivity (Wildman–Crippen MR) is 123 cm³/mol. The van der Waals surface area contributed by atoms with Gasteiger partial charge >= 0.3 is 0 Å². The van der Waals surface area contributed by atoms with Gasteiger partial charge in [-0.15, -0.1) is 0 Å². The number of fused-ring (bicyclic) bond motifs is 1. The number of hydrogen-bond donors (Lipinski definition) is 3. The Morgan fingerprint density at radius 3 is 2.58 bits per heavy atom. The average molecular weight is 438 g/mol. The van der Waals surface area contributed by atoms with Crippen molar-refractivity contribution in [2.45, 2.75) is 39.8 Å². The molecular weight excluding hydrogens is 414 g/mol. The molecule has 1 aliphatic rings. The molecule has 0 unspecified atom stereocenters. The summed E-state index contributed by atoms with van der Waals surface area (Å²) in [7, 11) is 0. The van der Waals surface area contributed by atoms with Crippen molar-refractivity contribution in [2.75, 3.05) is 5.32 Å². The van der Waals surface area contributed by atoms with Gasteiger partial charge in [0.05, 0.1) is 22.2 Å². The number of hydrogen-bond acceptors (Lipinski definition) is 7. The van der Waals surface area contributed by atoms with Gasteiger partial charge in [0.2, 0.25) is 5.95 Å². The molecule has 3 heterocycles. The van der Waals surface area contributed by atoms with Crippen molar-refractivity contribution in [3.8, 4) is 17.0 Å². The third-order valence-corrected chi connectivity index (χ3v) is 5.18. The molecule has 0 aliphatic carbocycles. The van der Waals surface area contributed by atoms with E-state index in [1.54, 1.807) is 12.3 Å². The van der Waals surface area contributed by atoms with E-state index in [1.165, 1.54) is 0 Å². The topological polar surface area (TPSA) is 109 Å². The Labute approximate surface area is 183 Å². The van der Waals surface area contributed by atoms with Crippen LogP contribution in [0.15, 0.2) is 35.4 Å². The van der Waals surface area contributed by atoms with E-state index in [2.05, 4.69) is 39.4 Å². The van der Waals surface area contributed by atoms with Crippen LogP contribution in [0.1, 0.15) is 33.3 Å². The summed E-state index contributed by atoms with van der Waals surface area (Å²) < 4.78 is 6.03. The highest BCUT2D eigenvalue weighted by Gasteiger charge is 2.25. The van der Waals surface area contributed by atoms with Crippen molar-refractivity contribution in [3.05, 3.63) is 40.9 Å². The number of carbonyl (C=O) groups is 2. The number of thioether (sulfide) groups is 1. The summed E-state index contributed by atoms with van der Waals surface area (Å²) in [5.41, 5.74) is 3.96. The zero-order valence-electron chi connectivity index (χ0n) is 17.6. The maximum absolute atomic E-state index is 11.7. The summed E-state index contributed by atoms with van der Waals surface area (Å²) in [6.07, 6.45) is 3.32. The number of imidazole rings is 1. The first-order valence-electron chi connectivity index (χ1n) is 9.96. The summed E-state index contributed by atoms with van der Waals surface area (Å²) in [6, 6.07) is 7.87. The second kappa shape index (κ2) is 8.43.